The summed E-state index contributed by atoms with van der Waals surface area (Å²) in [6, 6.07) is 0.247. The number of nitrogens with one attached hydrogen (secondary N) is 2. The van der Waals surface area contributed by atoms with Gasteiger partial charge in [0.15, 0.2) is 11.5 Å². The maximum atomic E-state index is 8.86. The molecule has 1 unspecified atom stereocenters. The van der Waals surface area contributed by atoms with E-state index in [1.165, 1.54) is 0 Å². The van der Waals surface area contributed by atoms with E-state index < -0.39 is 0 Å². The highest BCUT2D eigenvalue weighted by molar-refractivity contribution is 5.65. The van der Waals surface area contributed by atoms with Crippen molar-refractivity contribution >= 4 is 17.3 Å². The molecule has 0 bridgehead atoms. The molecule has 0 radical (unpaired) electrons. The van der Waals surface area contributed by atoms with Crippen LogP contribution in [0, 0.1) is 0 Å². The van der Waals surface area contributed by atoms with Gasteiger partial charge in [0.05, 0.1) is 6.20 Å². The molecule has 3 N–H and O–H groups in total. The van der Waals surface area contributed by atoms with Crippen LogP contribution < -0.4 is 10.6 Å². The van der Waals surface area contributed by atoms with Gasteiger partial charge in [-0.15, -0.1) is 0 Å². The molecule has 1 atom stereocenters. The molecule has 0 saturated carbocycles. The molecule has 0 aliphatic rings. The molecule has 19 heavy (non-hydrogen) atoms. The minimum Gasteiger partial charge on any atom is -0.396 e. The quantitative estimate of drug-likeness (QED) is 0.709. The third kappa shape index (κ3) is 3.35. The number of aliphatic hydroxyl groups is 1. The SMILES string of the molecule is CCNc1cn2ccnc2c(NC(C)CCCO)n1. The lowest BCUT2D eigenvalue weighted by Crippen LogP contribution is -2.18. The number of aliphatic hydroxyl groups excluding tert-OH is 1. The van der Waals surface area contributed by atoms with Gasteiger partial charge in [-0.2, -0.15) is 0 Å². The Labute approximate surface area is 112 Å². The van der Waals surface area contributed by atoms with Gasteiger partial charge in [-0.25, -0.2) is 9.97 Å². The van der Waals surface area contributed by atoms with Crippen LogP contribution in [0.15, 0.2) is 18.6 Å². The van der Waals surface area contributed by atoms with Crippen LogP contribution in [0.25, 0.3) is 5.65 Å². The zero-order chi connectivity index (χ0) is 13.7. The van der Waals surface area contributed by atoms with Gasteiger partial charge >= 0.3 is 0 Å². The number of imidazole rings is 1. The number of anilines is 2. The van der Waals surface area contributed by atoms with Gasteiger partial charge < -0.3 is 20.1 Å². The molecular formula is C13H21N5O. The summed E-state index contributed by atoms with van der Waals surface area (Å²) in [5.74, 6) is 1.60. The molecule has 0 saturated heterocycles. The van der Waals surface area contributed by atoms with E-state index in [1.54, 1.807) is 6.20 Å². The zero-order valence-corrected chi connectivity index (χ0v) is 11.4. The predicted octanol–water partition coefficient (Wildman–Crippen LogP) is 1.73. The van der Waals surface area contributed by atoms with Crippen LogP contribution in [-0.4, -0.2) is 38.7 Å². The standard InChI is InChI=1S/C13H21N5O/c1-3-14-11-9-18-7-6-15-13(18)12(17-11)16-10(2)5-4-8-19/h6-7,9-10,14,19H,3-5,8H2,1-2H3,(H,16,17). The lowest BCUT2D eigenvalue weighted by molar-refractivity contribution is 0.282. The van der Waals surface area contributed by atoms with E-state index in [-0.39, 0.29) is 12.6 Å². The first-order chi connectivity index (χ1) is 9.24. The molecule has 6 heteroatoms. The molecule has 104 valence electrons. The van der Waals surface area contributed by atoms with Gasteiger partial charge in [0.1, 0.15) is 5.82 Å². The van der Waals surface area contributed by atoms with Gasteiger partial charge in [-0.05, 0) is 26.7 Å². The van der Waals surface area contributed by atoms with Crippen molar-refractivity contribution in [2.24, 2.45) is 0 Å². The zero-order valence-electron chi connectivity index (χ0n) is 11.4. The average Bonchev–Trinajstić information content (AvgIpc) is 2.85. The summed E-state index contributed by atoms with van der Waals surface area (Å²) in [4.78, 5) is 8.86. The highest BCUT2D eigenvalue weighted by Gasteiger charge is 2.10. The molecule has 2 aromatic rings. The van der Waals surface area contributed by atoms with E-state index >= 15 is 0 Å². The summed E-state index contributed by atoms with van der Waals surface area (Å²) in [7, 11) is 0. The Bertz CT molecular complexity index is 525. The molecule has 0 aromatic carbocycles. The van der Waals surface area contributed by atoms with Gasteiger partial charge in [0.2, 0.25) is 0 Å². The fourth-order valence-corrected chi connectivity index (χ4v) is 2.00. The van der Waals surface area contributed by atoms with Crippen LogP contribution in [0.1, 0.15) is 26.7 Å². The molecule has 2 rings (SSSR count). The molecule has 0 aliphatic heterocycles. The normalized spacial score (nSPS) is 12.6. The highest BCUT2D eigenvalue weighted by atomic mass is 16.2. The van der Waals surface area contributed by atoms with Gasteiger partial charge in [0.25, 0.3) is 0 Å². The minimum atomic E-state index is 0.218. The molecule has 0 amide bonds. The number of nitrogens with zero attached hydrogens (tertiary/aromatic N) is 3. The smallest absolute Gasteiger partial charge is 0.180 e. The second-order valence-corrected chi connectivity index (χ2v) is 4.57. The summed E-state index contributed by atoms with van der Waals surface area (Å²) in [6.45, 7) is 5.16. The van der Waals surface area contributed by atoms with Crippen molar-refractivity contribution in [3.05, 3.63) is 18.6 Å². The molecule has 0 spiro atoms. The Morgan fingerprint density at radius 3 is 3.05 bits per heavy atom. The van der Waals surface area contributed by atoms with Crippen LogP contribution in [0.4, 0.5) is 11.6 Å². The van der Waals surface area contributed by atoms with Crippen molar-refractivity contribution in [3.8, 4) is 0 Å². The molecule has 2 heterocycles. The number of hydrogen-bond donors (Lipinski definition) is 3. The number of hydrogen-bond acceptors (Lipinski definition) is 5. The Balaban J connectivity index is 2.21. The van der Waals surface area contributed by atoms with Crippen molar-refractivity contribution in [2.45, 2.75) is 32.7 Å². The summed E-state index contributed by atoms with van der Waals surface area (Å²) in [5.41, 5.74) is 0.817. The minimum absolute atomic E-state index is 0.218. The van der Waals surface area contributed by atoms with Gasteiger partial charge in [-0.1, -0.05) is 0 Å². The Morgan fingerprint density at radius 1 is 1.47 bits per heavy atom. The van der Waals surface area contributed by atoms with Crippen molar-refractivity contribution in [3.63, 3.8) is 0 Å². The molecule has 6 nitrogen and oxygen atoms in total. The largest absolute Gasteiger partial charge is 0.396 e. The summed E-state index contributed by atoms with van der Waals surface area (Å²) in [5, 5.41) is 15.4. The van der Waals surface area contributed by atoms with E-state index in [0.29, 0.717) is 0 Å². The summed E-state index contributed by atoms with van der Waals surface area (Å²) >= 11 is 0. The van der Waals surface area contributed by atoms with E-state index in [9.17, 15) is 0 Å². The fourth-order valence-electron chi connectivity index (χ4n) is 2.00. The lowest BCUT2D eigenvalue weighted by Gasteiger charge is -2.15. The summed E-state index contributed by atoms with van der Waals surface area (Å²) < 4.78 is 1.95. The van der Waals surface area contributed by atoms with Crippen LogP contribution >= 0.6 is 0 Å². The number of fused-ring (bicyclic) bond motifs is 1. The van der Waals surface area contributed by atoms with E-state index in [0.717, 1.165) is 36.7 Å². The van der Waals surface area contributed by atoms with Gasteiger partial charge in [0, 0.05) is 31.6 Å². The van der Waals surface area contributed by atoms with E-state index in [4.69, 9.17) is 5.11 Å². The van der Waals surface area contributed by atoms with Crippen LogP contribution in [0.3, 0.4) is 0 Å². The van der Waals surface area contributed by atoms with Crippen LogP contribution in [0.5, 0.6) is 0 Å². The predicted molar refractivity (Wildman–Crippen MR) is 76.6 cm³/mol. The molecule has 2 aromatic heterocycles. The fraction of sp³-hybridized carbons (Fsp3) is 0.538. The van der Waals surface area contributed by atoms with Crippen molar-refractivity contribution < 1.29 is 5.11 Å². The second-order valence-electron chi connectivity index (χ2n) is 4.57. The number of rotatable bonds is 7. The second kappa shape index (κ2) is 6.38. The van der Waals surface area contributed by atoms with Crippen molar-refractivity contribution in [1.29, 1.82) is 0 Å². The monoisotopic (exact) mass is 263 g/mol. The Hall–Kier alpha value is -1.82. The van der Waals surface area contributed by atoms with E-state index in [2.05, 4.69) is 27.5 Å². The topological polar surface area (TPSA) is 74.5 Å². The van der Waals surface area contributed by atoms with Crippen molar-refractivity contribution in [1.82, 2.24) is 14.4 Å². The maximum Gasteiger partial charge on any atom is 0.180 e. The molecular weight excluding hydrogens is 242 g/mol. The first-order valence-electron chi connectivity index (χ1n) is 6.69. The lowest BCUT2D eigenvalue weighted by atomic mass is 10.2. The highest BCUT2D eigenvalue weighted by Crippen LogP contribution is 2.18. The number of aromatic nitrogens is 3. The first kappa shape index (κ1) is 13.6. The van der Waals surface area contributed by atoms with Crippen LogP contribution in [0.2, 0.25) is 0 Å². The third-order valence-electron chi connectivity index (χ3n) is 2.91. The van der Waals surface area contributed by atoms with E-state index in [1.807, 2.05) is 23.7 Å². The third-order valence-corrected chi connectivity index (χ3v) is 2.91. The molecule has 0 aliphatic carbocycles. The van der Waals surface area contributed by atoms with Gasteiger partial charge in [-0.3, -0.25) is 0 Å². The Morgan fingerprint density at radius 2 is 2.32 bits per heavy atom. The first-order valence-corrected chi connectivity index (χ1v) is 6.69. The average molecular weight is 263 g/mol. The summed E-state index contributed by atoms with van der Waals surface area (Å²) in [6.07, 6.45) is 7.27. The molecule has 0 fully saturated rings. The van der Waals surface area contributed by atoms with Crippen molar-refractivity contribution in [2.75, 3.05) is 23.8 Å². The Kier molecular flexibility index (Phi) is 4.57. The van der Waals surface area contributed by atoms with Crippen LogP contribution in [-0.2, 0) is 0 Å². The maximum absolute atomic E-state index is 8.86.